The quantitative estimate of drug-likeness (QED) is 0.820. The van der Waals surface area contributed by atoms with Crippen LogP contribution in [0.15, 0.2) is 22.8 Å². The Hall–Kier alpha value is -1.32. The molecule has 0 aliphatic carbocycles. The summed E-state index contributed by atoms with van der Waals surface area (Å²) in [6.07, 6.45) is 2.77. The lowest BCUT2D eigenvalue weighted by Crippen LogP contribution is -2.29. The summed E-state index contributed by atoms with van der Waals surface area (Å²) >= 11 is 0. The van der Waals surface area contributed by atoms with Gasteiger partial charge in [-0.1, -0.05) is 13.3 Å². The normalized spacial score (nSPS) is 13.2. The maximum atomic E-state index is 11.6. The smallest absolute Gasteiger partial charge is 0.213 e. The highest BCUT2D eigenvalue weighted by molar-refractivity contribution is 7.89. The number of nitriles is 1. The van der Waals surface area contributed by atoms with Crippen LogP contribution in [0.5, 0.6) is 0 Å². The van der Waals surface area contributed by atoms with E-state index in [0.717, 1.165) is 6.42 Å². The minimum Gasteiger partial charge on any atom is -0.467 e. The molecule has 0 aliphatic rings. The van der Waals surface area contributed by atoms with Gasteiger partial charge < -0.3 is 4.42 Å². The third-order valence-electron chi connectivity index (χ3n) is 2.02. The molecule has 0 aliphatic heterocycles. The van der Waals surface area contributed by atoms with Crippen molar-refractivity contribution in [3.05, 3.63) is 24.2 Å². The molecule has 1 unspecified atom stereocenters. The van der Waals surface area contributed by atoms with Crippen LogP contribution in [-0.4, -0.2) is 14.2 Å². The Morgan fingerprint density at radius 2 is 2.38 bits per heavy atom. The zero-order chi connectivity index (χ0) is 12.0. The molecule has 88 valence electrons. The summed E-state index contributed by atoms with van der Waals surface area (Å²) in [5, 5.41) is 8.85. The van der Waals surface area contributed by atoms with Crippen LogP contribution in [0.1, 0.15) is 31.6 Å². The molecule has 0 aromatic carbocycles. The van der Waals surface area contributed by atoms with Gasteiger partial charge in [0.2, 0.25) is 10.0 Å². The highest BCUT2D eigenvalue weighted by atomic mass is 32.2. The minimum absolute atomic E-state index is 0.0301. The van der Waals surface area contributed by atoms with Crippen molar-refractivity contribution in [3.63, 3.8) is 0 Å². The number of nitrogens with zero attached hydrogens (tertiary/aromatic N) is 1. The summed E-state index contributed by atoms with van der Waals surface area (Å²) < 4.78 is 30.4. The molecule has 0 radical (unpaired) electrons. The number of furan rings is 1. The van der Waals surface area contributed by atoms with E-state index in [9.17, 15) is 8.42 Å². The fraction of sp³-hybridized carbons (Fsp3) is 0.500. The van der Waals surface area contributed by atoms with Gasteiger partial charge in [-0.2, -0.15) is 9.98 Å². The van der Waals surface area contributed by atoms with Crippen molar-refractivity contribution in [3.8, 4) is 6.07 Å². The van der Waals surface area contributed by atoms with Crippen LogP contribution in [0.4, 0.5) is 0 Å². The van der Waals surface area contributed by atoms with Gasteiger partial charge in [0, 0.05) is 0 Å². The van der Waals surface area contributed by atoms with E-state index in [0.29, 0.717) is 12.2 Å². The molecule has 5 nitrogen and oxygen atoms in total. The Labute approximate surface area is 95.1 Å². The predicted molar refractivity (Wildman–Crippen MR) is 58.9 cm³/mol. The molecule has 1 aromatic heterocycles. The summed E-state index contributed by atoms with van der Waals surface area (Å²) in [6, 6.07) is 4.08. The molecule has 0 fully saturated rings. The standard InChI is InChI=1S/C10H14N2O3S/c1-2-3-7-16(13,14)12-9(8-11)10-5-4-6-15-10/h4-6,9,12H,2-3,7H2,1H3. The van der Waals surface area contributed by atoms with E-state index in [1.54, 1.807) is 12.1 Å². The molecular formula is C10H14N2O3S. The Bertz CT molecular complexity index is 445. The molecule has 1 N–H and O–H groups in total. The summed E-state index contributed by atoms with van der Waals surface area (Å²) in [5.74, 6) is 0.338. The first kappa shape index (κ1) is 12.7. The van der Waals surface area contributed by atoms with Crippen molar-refractivity contribution in [2.45, 2.75) is 25.8 Å². The molecule has 1 heterocycles. The van der Waals surface area contributed by atoms with Gasteiger partial charge in [-0.3, -0.25) is 0 Å². The van der Waals surface area contributed by atoms with Gasteiger partial charge in [-0.15, -0.1) is 0 Å². The van der Waals surface area contributed by atoms with Gasteiger partial charge in [-0.05, 0) is 18.6 Å². The first-order valence-electron chi connectivity index (χ1n) is 5.02. The molecule has 0 spiro atoms. The van der Waals surface area contributed by atoms with Gasteiger partial charge >= 0.3 is 0 Å². The molecule has 6 heteroatoms. The van der Waals surface area contributed by atoms with Crippen molar-refractivity contribution in [2.75, 3.05) is 5.75 Å². The fourth-order valence-electron chi connectivity index (χ4n) is 1.18. The highest BCUT2D eigenvalue weighted by Crippen LogP contribution is 2.13. The van der Waals surface area contributed by atoms with E-state index >= 15 is 0 Å². The Morgan fingerprint density at radius 3 is 2.88 bits per heavy atom. The molecule has 1 aromatic rings. The second-order valence-electron chi connectivity index (χ2n) is 3.37. The van der Waals surface area contributed by atoms with Crippen LogP contribution in [0.3, 0.4) is 0 Å². The van der Waals surface area contributed by atoms with Crippen LogP contribution in [-0.2, 0) is 10.0 Å². The fourth-order valence-corrected chi connectivity index (χ4v) is 2.49. The second-order valence-corrected chi connectivity index (χ2v) is 5.24. The van der Waals surface area contributed by atoms with E-state index < -0.39 is 16.1 Å². The number of unbranched alkanes of at least 4 members (excludes halogenated alkanes) is 1. The maximum Gasteiger partial charge on any atom is 0.213 e. The predicted octanol–water partition coefficient (Wildman–Crippen LogP) is 1.56. The first-order chi connectivity index (χ1) is 7.59. The lowest BCUT2D eigenvalue weighted by molar-refractivity contribution is 0.479. The SMILES string of the molecule is CCCCS(=O)(=O)NC(C#N)c1ccco1. The Kier molecular flexibility index (Phi) is 4.52. The average molecular weight is 242 g/mol. The van der Waals surface area contributed by atoms with Gasteiger partial charge in [0.05, 0.1) is 18.1 Å². The largest absolute Gasteiger partial charge is 0.467 e. The van der Waals surface area contributed by atoms with Crippen molar-refractivity contribution < 1.29 is 12.8 Å². The van der Waals surface area contributed by atoms with Crippen LogP contribution >= 0.6 is 0 Å². The molecule has 0 bridgehead atoms. The summed E-state index contributed by atoms with van der Waals surface area (Å²) in [4.78, 5) is 0. The molecule has 0 saturated carbocycles. The van der Waals surface area contributed by atoms with Crippen molar-refractivity contribution in [1.29, 1.82) is 5.26 Å². The Morgan fingerprint density at radius 1 is 1.62 bits per heavy atom. The number of hydrogen-bond acceptors (Lipinski definition) is 4. The zero-order valence-corrected chi connectivity index (χ0v) is 9.83. The Balaban J connectivity index is 2.68. The molecule has 1 atom stereocenters. The van der Waals surface area contributed by atoms with Crippen LogP contribution in [0.25, 0.3) is 0 Å². The number of hydrogen-bond donors (Lipinski definition) is 1. The first-order valence-corrected chi connectivity index (χ1v) is 6.67. The van der Waals surface area contributed by atoms with Crippen LogP contribution in [0, 0.1) is 11.3 Å². The van der Waals surface area contributed by atoms with Gasteiger partial charge in [0.25, 0.3) is 0 Å². The third kappa shape index (κ3) is 3.68. The summed E-state index contributed by atoms with van der Waals surface area (Å²) in [7, 11) is -3.41. The zero-order valence-electron chi connectivity index (χ0n) is 9.01. The average Bonchev–Trinajstić information content (AvgIpc) is 2.76. The van der Waals surface area contributed by atoms with E-state index in [4.69, 9.17) is 9.68 Å². The number of sulfonamides is 1. The summed E-state index contributed by atoms with van der Waals surface area (Å²) in [5.41, 5.74) is 0. The van der Waals surface area contributed by atoms with E-state index in [1.165, 1.54) is 6.26 Å². The molecule has 0 saturated heterocycles. The molecule has 0 amide bonds. The van der Waals surface area contributed by atoms with E-state index in [2.05, 4.69) is 4.72 Å². The molecular weight excluding hydrogens is 228 g/mol. The van der Waals surface area contributed by atoms with Gasteiger partial charge in [-0.25, -0.2) is 8.42 Å². The summed E-state index contributed by atoms with van der Waals surface area (Å²) in [6.45, 7) is 1.91. The van der Waals surface area contributed by atoms with Crippen LogP contribution in [0.2, 0.25) is 0 Å². The van der Waals surface area contributed by atoms with E-state index in [1.807, 2.05) is 13.0 Å². The van der Waals surface area contributed by atoms with Crippen molar-refractivity contribution >= 4 is 10.0 Å². The van der Waals surface area contributed by atoms with Crippen molar-refractivity contribution in [2.24, 2.45) is 0 Å². The second kappa shape index (κ2) is 5.68. The number of rotatable bonds is 6. The van der Waals surface area contributed by atoms with Gasteiger partial charge in [0.15, 0.2) is 6.04 Å². The molecule has 16 heavy (non-hydrogen) atoms. The van der Waals surface area contributed by atoms with E-state index in [-0.39, 0.29) is 5.75 Å². The lowest BCUT2D eigenvalue weighted by atomic mass is 10.3. The third-order valence-corrected chi connectivity index (χ3v) is 3.44. The van der Waals surface area contributed by atoms with Crippen LogP contribution < -0.4 is 4.72 Å². The minimum atomic E-state index is -3.41. The topological polar surface area (TPSA) is 83.1 Å². The highest BCUT2D eigenvalue weighted by Gasteiger charge is 2.20. The maximum absolute atomic E-state index is 11.6. The lowest BCUT2D eigenvalue weighted by Gasteiger charge is -2.09. The monoisotopic (exact) mass is 242 g/mol. The van der Waals surface area contributed by atoms with Crippen molar-refractivity contribution in [1.82, 2.24) is 4.72 Å². The molecule has 1 rings (SSSR count). The number of nitrogens with one attached hydrogen (secondary N) is 1. The van der Waals surface area contributed by atoms with Gasteiger partial charge in [0.1, 0.15) is 5.76 Å².